The molecule has 0 spiro atoms. The van der Waals surface area contributed by atoms with Gasteiger partial charge in [0.1, 0.15) is 20.9 Å². The fourth-order valence-electron chi connectivity index (χ4n) is 2.63. The highest BCUT2D eigenvalue weighted by atomic mass is 32.2. The van der Waals surface area contributed by atoms with Crippen molar-refractivity contribution in [3.05, 3.63) is 0 Å². The molecular formula is C13H24N2O4S. The van der Waals surface area contributed by atoms with E-state index in [9.17, 15) is 18.0 Å². The van der Waals surface area contributed by atoms with Crippen LogP contribution in [-0.4, -0.2) is 54.8 Å². The normalized spacial score (nSPS) is 21.8. The summed E-state index contributed by atoms with van der Waals surface area (Å²) in [5, 5.41) is 2.75. The summed E-state index contributed by atoms with van der Waals surface area (Å²) in [4.78, 5) is 26.4. The number of carbonyl (C=O) groups excluding carboxylic acids is 2. The molecule has 1 aliphatic heterocycles. The molecule has 0 atom stereocenters. The van der Waals surface area contributed by atoms with Gasteiger partial charge in [0.05, 0.1) is 5.75 Å². The molecule has 1 aliphatic rings. The SMILES string of the molecule is CCC1(CC)C(=O)NC(C)(C)C(=O)N1CCS(C)(=O)=O. The van der Waals surface area contributed by atoms with Crippen LogP contribution >= 0.6 is 0 Å². The van der Waals surface area contributed by atoms with Crippen molar-refractivity contribution in [3.8, 4) is 0 Å². The third-order valence-corrected chi connectivity index (χ3v) is 4.92. The Morgan fingerprint density at radius 1 is 1.15 bits per heavy atom. The van der Waals surface area contributed by atoms with E-state index >= 15 is 0 Å². The molecule has 0 saturated carbocycles. The van der Waals surface area contributed by atoms with Crippen LogP contribution in [0.15, 0.2) is 0 Å². The number of hydrogen-bond acceptors (Lipinski definition) is 4. The van der Waals surface area contributed by atoms with Crippen LogP contribution in [-0.2, 0) is 19.4 Å². The summed E-state index contributed by atoms with van der Waals surface area (Å²) in [5.74, 6) is -0.575. The maximum absolute atomic E-state index is 12.6. The fourth-order valence-corrected chi connectivity index (χ4v) is 3.15. The molecule has 1 saturated heterocycles. The van der Waals surface area contributed by atoms with Crippen molar-refractivity contribution in [2.45, 2.75) is 51.6 Å². The van der Waals surface area contributed by atoms with Gasteiger partial charge in [0.2, 0.25) is 11.8 Å². The Morgan fingerprint density at radius 2 is 1.65 bits per heavy atom. The average molecular weight is 304 g/mol. The van der Waals surface area contributed by atoms with E-state index in [4.69, 9.17) is 0 Å². The third kappa shape index (κ3) is 2.97. The first kappa shape index (κ1) is 16.9. The molecule has 1 heterocycles. The quantitative estimate of drug-likeness (QED) is 0.793. The number of amides is 2. The molecule has 6 nitrogen and oxygen atoms in total. The summed E-state index contributed by atoms with van der Waals surface area (Å²) < 4.78 is 22.7. The van der Waals surface area contributed by atoms with Gasteiger partial charge in [-0.3, -0.25) is 9.59 Å². The molecular weight excluding hydrogens is 280 g/mol. The predicted molar refractivity (Wildman–Crippen MR) is 77.0 cm³/mol. The van der Waals surface area contributed by atoms with E-state index < -0.39 is 20.9 Å². The molecule has 1 fully saturated rings. The van der Waals surface area contributed by atoms with Gasteiger partial charge in [-0.05, 0) is 26.7 Å². The van der Waals surface area contributed by atoms with Crippen LogP contribution in [0.3, 0.4) is 0 Å². The van der Waals surface area contributed by atoms with Crippen LogP contribution in [0.25, 0.3) is 0 Å². The Hall–Kier alpha value is -1.11. The van der Waals surface area contributed by atoms with E-state index in [0.29, 0.717) is 12.8 Å². The van der Waals surface area contributed by atoms with Crippen LogP contribution in [0, 0.1) is 0 Å². The topological polar surface area (TPSA) is 83.6 Å². The van der Waals surface area contributed by atoms with Crippen LogP contribution in [0.2, 0.25) is 0 Å². The molecule has 0 bridgehead atoms. The lowest BCUT2D eigenvalue weighted by Gasteiger charge is -2.50. The standard InChI is InChI=1S/C13H24N2O4S/c1-6-13(7-2)10(16)14-12(3,4)11(17)15(13)8-9-20(5,18)19/h6-9H2,1-5H3,(H,14,16). The molecule has 116 valence electrons. The summed E-state index contributed by atoms with van der Waals surface area (Å²) in [6.07, 6.45) is 2.05. The first-order valence-electron chi connectivity index (χ1n) is 6.82. The molecule has 2 amide bonds. The number of carbonyl (C=O) groups is 2. The first-order valence-corrected chi connectivity index (χ1v) is 8.88. The molecule has 20 heavy (non-hydrogen) atoms. The maximum atomic E-state index is 12.6. The molecule has 0 aromatic heterocycles. The zero-order valence-electron chi connectivity index (χ0n) is 12.8. The van der Waals surface area contributed by atoms with Crippen LogP contribution < -0.4 is 5.32 Å². The highest BCUT2D eigenvalue weighted by Crippen LogP contribution is 2.31. The maximum Gasteiger partial charge on any atom is 0.248 e. The van der Waals surface area contributed by atoms with Gasteiger partial charge < -0.3 is 10.2 Å². The Morgan fingerprint density at radius 3 is 2.05 bits per heavy atom. The molecule has 7 heteroatoms. The largest absolute Gasteiger partial charge is 0.340 e. The third-order valence-electron chi connectivity index (χ3n) is 4.00. The number of nitrogens with zero attached hydrogens (tertiary/aromatic N) is 1. The highest BCUT2D eigenvalue weighted by Gasteiger charge is 2.53. The minimum Gasteiger partial charge on any atom is -0.340 e. The summed E-state index contributed by atoms with van der Waals surface area (Å²) >= 11 is 0. The van der Waals surface area contributed by atoms with E-state index in [-0.39, 0.29) is 24.1 Å². The molecule has 1 rings (SSSR count). The van der Waals surface area contributed by atoms with Gasteiger partial charge in [0.25, 0.3) is 0 Å². The molecule has 1 N–H and O–H groups in total. The Balaban J connectivity index is 3.20. The van der Waals surface area contributed by atoms with Gasteiger partial charge >= 0.3 is 0 Å². The second-order valence-corrected chi connectivity index (χ2v) is 8.16. The second kappa shape index (κ2) is 5.35. The van der Waals surface area contributed by atoms with Crippen molar-refractivity contribution >= 4 is 21.7 Å². The lowest BCUT2D eigenvalue weighted by molar-refractivity contribution is -0.162. The molecule has 0 aliphatic carbocycles. The van der Waals surface area contributed by atoms with E-state index in [1.165, 1.54) is 4.90 Å². The smallest absolute Gasteiger partial charge is 0.248 e. The fraction of sp³-hybridized carbons (Fsp3) is 0.846. The van der Waals surface area contributed by atoms with Crippen molar-refractivity contribution in [1.82, 2.24) is 10.2 Å². The minimum atomic E-state index is -3.19. The zero-order valence-corrected chi connectivity index (χ0v) is 13.6. The van der Waals surface area contributed by atoms with Crippen LogP contribution in [0.5, 0.6) is 0 Å². The van der Waals surface area contributed by atoms with Crippen molar-refractivity contribution in [2.24, 2.45) is 0 Å². The van der Waals surface area contributed by atoms with E-state index in [0.717, 1.165) is 6.26 Å². The van der Waals surface area contributed by atoms with E-state index in [1.54, 1.807) is 13.8 Å². The summed E-state index contributed by atoms with van der Waals surface area (Å²) in [6, 6.07) is 0. The first-order chi connectivity index (χ1) is 9.00. The monoisotopic (exact) mass is 304 g/mol. The number of piperazine rings is 1. The number of rotatable bonds is 5. The average Bonchev–Trinajstić information content (AvgIpc) is 2.30. The van der Waals surface area contributed by atoms with Gasteiger partial charge in [0, 0.05) is 12.8 Å². The molecule has 0 aromatic carbocycles. The van der Waals surface area contributed by atoms with Gasteiger partial charge in [-0.15, -0.1) is 0 Å². The van der Waals surface area contributed by atoms with E-state index in [2.05, 4.69) is 5.32 Å². The summed E-state index contributed by atoms with van der Waals surface area (Å²) in [6.45, 7) is 6.99. The Kier molecular flexibility index (Phi) is 4.53. The second-order valence-electron chi connectivity index (χ2n) is 5.90. The van der Waals surface area contributed by atoms with Gasteiger partial charge in [0.15, 0.2) is 0 Å². The predicted octanol–water partition coefficient (Wildman–Crippen LogP) is 0.327. The number of hydrogen-bond donors (Lipinski definition) is 1. The van der Waals surface area contributed by atoms with E-state index in [1.807, 2.05) is 13.8 Å². The van der Waals surface area contributed by atoms with Crippen molar-refractivity contribution in [2.75, 3.05) is 18.6 Å². The number of sulfone groups is 1. The molecule has 0 radical (unpaired) electrons. The summed E-state index contributed by atoms with van der Waals surface area (Å²) in [7, 11) is -3.19. The number of nitrogens with one attached hydrogen (secondary N) is 1. The van der Waals surface area contributed by atoms with Crippen LogP contribution in [0.1, 0.15) is 40.5 Å². The van der Waals surface area contributed by atoms with Crippen LogP contribution in [0.4, 0.5) is 0 Å². The Labute approximate surface area is 120 Å². The lowest BCUT2D eigenvalue weighted by atomic mass is 9.83. The minimum absolute atomic E-state index is 0.0518. The summed E-state index contributed by atoms with van der Waals surface area (Å²) in [5.41, 5.74) is -1.94. The molecule has 0 unspecified atom stereocenters. The Bertz CT molecular complexity index is 506. The highest BCUT2D eigenvalue weighted by molar-refractivity contribution is 7.90. The van der Waals surface area contributed by atoms with Gasteiger partial charge in [-0.25, -0.2) is 8.42 Å². The van der Waals surface area contributed by atoms with Crippen molar-refractivity contribution in [3.63, 3.8) is 0 Å². The van der Waals surface area contributed by atoms with Crippen molar-refractivity contribution in [1.29, 1.82) is 0 Å². The molecule has 0 aromatic rings. The lowest BCUT2D eigenvalue weighted by Crippen LogP contribution is -2.74. The van der Waals surface area contributed by atoms with Gasteiger partial charge in [-0.1, -0.05) is 13.8 Å². The van der Waals surface area contributed by atoms with Gasteiger partial charge in [-0.2, -0.15) is 0 Å². The van der Waals surface area contributed by atoms with Crippen molar-refractivity contribution < 1.29 is 18.0 Å². The zero-order chi connectivity index (χ0) is 15.8.